The number of hydrogen-bond donors (Lipinski definition) is 0. The van der Waals surface area contributed by atoms with E-state index in [0.29, 0.717) is 12.8 Å². The van der Waals surface area contributed by atoms with Crippen LogP contribution in [0.5, 0.6) is 0 Å². The van der Waals surface area contributed by atoms with E-state index in [4.69, 9.17) is 0 Å². The van der Waals surface area contributed by atoms with Crippen LogP contribution in [0.25, 0.3) is 0 Å². The van der Waals surface area contributed by atoms with Crippen molar-refractivity contribution in [1.82, 2.24) is 0 Å². The Kier molecular flexibility index (Phi) is 3.86. The molecular weight excluding hydrogens is 157 g/mol. The van der Waals surface area contributed by atoms with Gasteiger partial charge in [0.2, 0.25) is 0 Å². The number of hydrogen-bond acceptors (Lipinski definition) is 1. The lowest BCUT2D eigenvalue weighted by Crippen LogP contribution is -2.27. The molecule has 0 aromatic heterocycles. The van der Waals surface area contributed by atoms with Crippen LogP contribution in [0.3, 0.4) is 0 Å². The summed E-state index contributed by atoms with van der Waals surface area (Å²) in [6, 6.07) is 0. The van der Waals surface area contributed by atoms with Crippen LogP contribution in [0.2, 0.25) is 0 Å². The lowest BCUT2D eigenvalue weighted by atomic mass is 10.1. The highest BCUT2D eigenvalue weighted by Crippen LogP contribution is 2.37. The highest BCUT2D eigenvalue weighted by atomic mass is 19.3. The van der Waals surface area contributed by atoms with E-state index in [1.54, 1.807) is 0 Å². The minimum atomic E-state index is -2.88. The predicted octanol–water partition coefficient (Wildman–Crippen LogP) is 2.57. The smallest absolute Gasteiger partial charge is 0.324 e. The fourth-order valence-corrected chi connectivity index (χ4v) is 1.43. The molecule has 0 spiro atoms. The second-order valence-electron chi connectivity index (χ2n) is 2.75. The first-order valence-corrected chi connectivity index (χ1v) is 3.60. The van der Waals surface area contributed by atoms with E-state index < -0.39 is 12.0 Å². The zero-order valence-electron chi connectivity index (χ0n) is 6.48. The summed E-state index contributed by atoms with van der Waals surface area (Å²) in [6.07, 6.45) is 0.186. The average molecular weight is 170 g/mol. The molecule has 1 saturated carbocycles. The maximum absolute atomic E-state index is 12.6. The Balaban J connectivity index is 0.000001000. The number of halogens is 3. The molecule has 11 heavy (non-hydrogen) atoms. The van der Waals surface area contributed by atoms with Gasteiger partial charge in [0.15, 0.2) is 0 Å². The van der Waals surface area contributed by atoms with Crippen molar-refractivity contribution in [2.75, 3.05) is 7.11 Å². The SMILES string of the molecule is COC(F)(F)C1CCCC1.F. The van der Waals surface area contributed by atoms with E-state index >= 15 is 0 Å². The van der Waals surface area contributed by atoms with Gasteiger partial charge >= 0.3 is 6.11 Å². The summed E-state index contributed by atoms with van der Waals surface area (Å²) in [5, 5.41) is 0. The molecule has 1 rings (SSSR count). The minimum absolute atomic E-state index is 0. The zero-order valence-corrected chi connectivity index (χ0v) is 6.48. The molecule has 1 nitrogen and oxygen atoms in total. The molecule has 1 fully saturated rings. The molecule has 0 atom stereocenters. The second kappa shape index (κ2) is 3.95. The molecule has 68 valence electrons. The fraction of sp³-hybridized carbons (Fsp3) is 1.00. The predicted molar refractivity (Wildman–Crippen MR) is 36.4 cm³/mol. The van der Waals surface area contributed by atoms with Crippen molar-refractivity contribution in [1.29, 1.82) is 0 Å². The fourth-order valence-electron chi connectivity index (χ4n) is 1.43. The third-order valence-corrected chi connectivity index (χ3v) is 2.10. The Morgan fingerprint density at radius 1 is 1.27 bits per heavy atom. The van der Waals surface area contributed by atoms with Gasteiger partial charge in [0.25, 0.3) is 0 Å². The summed E-state index contributed by atoms with van der Waals surface area (Å²) in [5.74, 6) is -0.530. The van der Waals surface area contributed by atoms with E-state index in [1.807, 2.05) is 0 Å². The number of methoxy groups -OCH3 is 1. The van der Waals surface area contributed by atoms with Crippen LogP contribution in [0, 0.1) is 5.92 Å². The van der Waals surface area contributed by atoms with Gasteiger partial charge in [-0.25, -0.2) is 0 Å². The first kappa shape index (κ1) is 10.8. The molecule has 0 amide bonds. The quantitative estimate of drug-likeness (QED) is 0.618. The molecule has 0 heterocycles. The van der Waals surface area contributed by atoms with Gasteiger partial charge in [-0.3, -0.25) is 4.70 Å². The molecule has 1 aliphatic rings. The van der Waals surface area contributed by atoms with Gasteiger partial charge in [-0.15, -0.1) is 0 Å². The monoisotopic (exact) mass is 170 g/mol. The van der Waals surface area contributed by atoms with Crippen molar-refractivity contribution < 1.29 is 18.2 Å². The van der Waals surface area contributed by atoms with Crippen LogP contribution in [-0.2, 0) is 4.74 Å². The van der Waals surface area contributed by atoms with Gasteiger partial charge in [0, 0.05) is 7.11 Å². The van der Waals surface area contributed by atoms with Crippen molar-refractivity contribution in [3.63, 3.8) is 0 Å². The molecule has 0 aliphatic heterocycles. The van der Waals surface area contributed by atoms with Crippen LogP contribution < -0.4 is 0 Å². The van der Waals surface area contributed by atoms with Crippen LogP contribution in [0.15, 0.2) is 0 Å². The third kappa shape index (κ3) is 2.36. The third-order valence-electron chi connectivity index (χ3n) is 2.10. The van der Waals surface area contributed by atoms with Crippen LogP contribution in [0.1, 0.15) is 25.7 Å². The molecule has 4 heteroatoms. The average Bonchev–Trinajstić information content (AvgIpc) is 2.38. The Morgan fingerprint density at radius 2 is 1.73 bits per heavy atom. The maximum atomic E-state index is 12.6. The van der Waals surface area contributed by atoms with Crippen molar-refractivity contribution in [3.05, 3.63) is 0 Å². The molecule has 0 aromatic carbocycles. The number of ether oxygens (including phenoxy) is 1. The maximum Gasteiger partial charge on any atom is 0.358 e. The molecule has 0 N–H and O–H groups in total. The Bertz CT molecular complexity index is 110. The molecule has 0 saturated heterocycles. The highest BCUT2D eigenvalue weighted by molar-refractivity contribution is 4.74. The zero-order chi connectivity index (χ0) is 7.61. The summed E-state index contributed by atoms with van der Waals surface area (Å²) >= 11 is 0. The van der Waals surface area contributed by atoms with Gasteiger partial charge in [-0.2, -0.15) is 8.78 Å². The molecule has 0 radical (unpaired) electrons. The number of rotatable bonds is 2. The van der Waals surface area contributed by atoms with E-state index in [0.717, 1.165) is 20.0 Å². The molecule has 1 aliphatic carbocycles. The Labute approximate surface area is 64.1 Å². The number of alkyl halides is 2. The van der Waals surface area contributed by atoms with Crippen LogP contribution in [0.4, 0.5) is 13.5 Å². The van der Waals surface area contributed by atoms with E-state index in [9.17, 15) is 8.78 Å². The van der Waals surface area contributed by atoms with Gasteiger partial charge < -0.3 is 4.74 Å². The minimum Gasteiger partial charge on any atom is -0.324 e. The summed E-state index contributed by atoms with van der Waals surface area (Å²) in [7, 11) is 1.07. The molecular formula is C7H13F3O. The topological polar surface area (TPSA) is 9.23 Å². The normalized spacial score (nSPS) is 19.9. The summed E-state index contributed by atoms with van der Waals surface area (Å²) < 4.78 is 29.4. The van der Waals surface area contributed by atoms with Gasteiger partial charge in [-0.05, 0) is 12.8 Å². The van der Waals surface area contributed by atoms with Gasteiger partial charge in [0.1, 0.15) is 0 Å². The van der Waals surface area contributed by atoms with Crippen molar-refractivity contribution in [2.24, 2.45) is 5.92 Å². The van der Waals surface area contributed by atoms with E-state index in [-0.39, 0.29) is 4.70 Å². The molecule has 0 aromatic rings. The van der Waals surface area contributed by atoms with Gasteiger partial charge in [-0.1, -0.05) is 12.8 Å². The van der Waals surface area contributed by atoms with E-state index in [2.05, 4.69) is 4.74 Å². The van der Waals surface area contributed by atoms with Crippen LogP contribution in [-0.4, -0.2) is 13.2 Å². The van der Waals surface area contributed by atoms with Crippen molar-refractivity contribution in [3.8, 4) is 0 Å². The highest BCUT2D eigenvalue weighted by Gasteiger charge is 2.40. The lowest BCUT2D eigenvalue weighted by molar-refractivity contribution is -0.255. The molecule has 0 unspecified atom stereocenters. The van der Waals surface area contributed by atoms with Gasteiger partial charge in [0.05, 0.1) is 5.92 Å². The van der Waals surface area contributed by atoms with E-state index in [1.165, 1.54) is 0 Å². The summed E-state index contributed by atoms with van der Waals surface area (Å²) in [6.45, 7) is 0. The lowest BCUT2D eigenvalue weighted by Gasteiger charge is -2.20. The van der Waals surface area contributed by atoms with Crippen LogP contribution >= 0.6 is 0 Å². The Morgan fingerprint density at radius 3 is 2.09 bits per heavy atom. The van der Waals surface area contributed by atoms with Crippen molar-refractivity contribution >= 4 is 0 Å². The second-order valence-corrected chi connectivity index (χ2v) is 2.75. The first-order chi connectivity index (χ1) is 4.67. The largest absolute Gasteiger partial charge is 0.358 e. The summed E-state index contributed by atoms with van der Waals surface area (Å²) in [4.78, 5) is 0. The standard InChI is InChI=1S/C7H12F2O.FH/c1-10-7(8,9)6-4-2-3-5-6;/h6H,2-5H2,1H3;1H. The molecule has 0 bridgehead atoms. The summed E-state index contributed by atoms with van der Waals surface area (Å²) in [5.41, 5.74) is 0. The Hall–Kier alpha value is -0.250. The van der Waals surface area contributed by atoms with Crippen molar-refractivity contribution in [2.45, 2.75) is 31.8 Å². The first-order valence-electron chi connectivity index (χ1n) is 3.60.